The van der Waals surface area contributed by atoms with Crippen molar-refractivity contribution in [3.63, 3.8) is 0 Å². The van der Waals surface area contributed by atoms with Crippen molar-refractivity contribution in [2.45, 2.75) is 25.9 Å². The molecule has 0 radical (unpaired) electrons. The van der Waals surface area contributed by atoms with Gasteiger partial charge in [-0.25, -0.2) is 8.78 Å². The molecule has 0 aliphatic carbocycles. The van der Waals surface area contributed by atoms with E-state index in [0.29, 0.717) is 6.54 Å². The zero-order valence-corrected chi connectivity index (χ0v) is 11.7. The van der Waals surface area contributed by atoms with Crippen molar-refractivity contribution in [3.8, 4) is 6.07 Å². The lowest BCUT2D eigenvalue weighted by Crippen LogP contribution is -2.27. The normalized spacial score (nSPS) is 11.9. The molecule has 2 nitrogen and oxygen atoms in total. The van der Waals surface area contributed by atoms with Crippen LogP contribution in [-0.2, 0) is 13.0 Å². The monoisotopic (exact) mass is 286 g/mol. The van der Waals surface area contributed by atoms with Crippen LogP contribution in [0.15, 0.2) is 42.5 Å². The van der Waals surface area contributed by atoms with E-state index in [1.807, 2.05) is 13.0 Å². The minimum atomic E-state index is -0.499. The zero-order valence-electron chi connectivity index (χ0n) is 11.7. The summed E-state index contributed by atoms with van der Waals surface area (Å²) in [5, 5.41) is 12.1. The van der Waals surface area contributed by atoms with Gasteiger partial charge >= 0.3 is 0 Å². The Hall–Kier alpha value is -2.25. The van der Waals surface area contributed by atoms with Crippen LogP contribution in [0, 0.1) is 23.0 Å². The largest absolute Gasteiger partial charge is 0.310 e. The van der Waals surface area contributed by atoms with Gasteiger partial charge in [-0.3, -0.25) is 0 Å². The lowest BCUT2D eigenvalue weighted by molar-refractivity contribution is 0.543. The lowest BCUT2D eigenvalue weighted by atomic mass is 10.1. The molecule has 2 rings (SSSR count). The molecule has 0 saturated heterocycles. The van der Waals surface area contributed by atoms with Crippen LogP contribution in [0.3, 0.4) is 0 Å². The highest BCUT2D eigenvalue weighted by molar-refractivity contribution is 5.34. The van der Waals surface area contributed by atoms with Crippen molar-refractivity contribution in [1.29, 1.82) is 5.26 Å². The molecule has 0 spiro atoms. The fourth-order valence-electron chi connectivity index (χ4n) is 2.11. The molecule has 1 N–H and O–H groups in total. The van der Waals surface area contributed by atoms with Crippen molar-refractivity contribution in [1.82, 2.24) is 5.32 Å². The molecule has 4 heteroatoms. The summed E-state index contributed by atoms with van der Waals surface area (Å²) in [7, 11) is 0. The van der Waals surface area contributed by atoms with Gasteiger partial charge in [0.2, 0.25) is 0 Å². The Balaban J connectivity index is 1.90. The average molecular weight is 286 g/mol. The fraction of sp³-hybridized carbons (Fsp3) is 0.235. The highest BCUT2D eigenvalue weighted by atomic mass is 19.1. The van der Waals surface area contributed by atoms with E-state index >= 15 is 0 Å². The van der Waals surface area contributed by atoms with Crippen LogP contribution in [0.25, 0.3) is 0 Å². The molecule has 2 aromatic rings. The second-order valence-electron chi connectivity index (χ2n) is 5.04. The van der Waals surface area contributed by atoms with E-state index in [9.17, 15) is 8.78 Å². The maximum Gasteiger partial charge on any atom is 0.140 e. The number of benzene rings is 2. The molecule has 0 bridgehead atoms. The second kappa shape index (κ2) is 6.96. The van der Waals surface area contributed by atoms with E-state index in [-0.39, 0.29) is 17.4 Å². The lowest BCUT2D eigenvalue weighted by Gasteiger charge is -2.14. The van der Waals surface area contributed by atoms with Crippen molar-refractivity contribution in [2.24, 2.45) is 0 Å². The third-order valence-electron chi connectivity index (χ3n) is 3.26. The Labute approximate surface area is 123 Å². The molecule has 0 heterocycles. The van der Waals surface area contributed by atoms with Gasteiger partial charge in [0.15, 0.2) is 0 Å². The summed E-state index contributed by atoms with van der Waals surface area (Å²) in [5.41, 5.74) is 1.97. The quantitative estimate of drug-likeness (QED) is 0.912. The van der Waals surface area contributed by atoms with Crippen LogP contribution >= 0.6 is 0 Å². The fourth-order valence-corrected chi connectivity index (χ4v) is 2.11. The Kier molecular flexibility index (Phi) is 5.02. The number of nitrogens with one attached hydrogen (secondary N) is 1. The molecule has 0 aliphatic heterocycles. The third kappa shape index (κ3) is 4.37. The molecular weight excluding hydrogens is 270 g/mol. The standard InChI is InChI=1S/C17H16F2N2/c1-12(8-13-2-5-16(18)6-3-13)21-11-14-4-7-17(19)15(9-14)10-20/h2-7,9,12,21H,8,11H2,1H3. The Morgan fingerprint density at radius 1 is 1.10 bits per heavy atom. The Bertz CT molecular complexity index is 645. The summed E-state index contributed by atoms with van der Waals surface area (Å²) in [5.74, 6) is -0.740. The van der Waals surface area contributed by atoms with E-state index in [4.69, 9.17) is 5.26 Å². The van der Waals surface area contributed by atoms with Crippen LogP contribution < -0.4 is 5.32 Å². The molecule has 0 aliphatic rings. The molecule has 2 aromatic carbocycles. The van der Waals surface area contributed by atoms with E-state index in [0.717, 1.165) is 17.5 Å². The molecule has 1 atom stereocenters. The number of nitriles is 1. The maximum absolute atomic E-state index is 13.2. The highest BCUT2D eigenvalue weighted by Gasteiger charge is 2.06. The smallest absolute Gasteiger partial charge is 0.140 e. The minimum Gasteiger partial charge on any atom is -0.310 e. The molecule has 0 fully saturated rings. The minimum absolute atomic E-state index is 0.0560. The molecule has 0 saturated carbocycles. The third-order valence-corrected chi connectivity index (χ3v) is 3.26. The number of hydrogen-bond acceptors (Lipinski definition) is 2. The first-order valence-electron chi connectivity index (χ1n) is 6.75. The van der Waals surface area contributed by atoms with Crippen molar-refractivity contribution >= 4 is 0 Å². The van der Waals surface area contributed by atoms with Gasteiger partial charge in [-0.2, -0.15) is 5.26 Å². The molecule has 0 amide bonds. The summed E-state index contributed by atoms with van der Waals surface area (Å²) < 4.78 is 26.0. The van der Waals surface area contributed by atoms with Gasteiger partial charge in [-0.1, -0.05) is 18.2 Å². The highest BCUT2D eigenvalue weighted by Crippen LogP contribution is 2.10. The Morgan fingerprint density at radius 3 is 2.43 bits per heavy atom. The summed E-state index contributed by atoms with van der Waals surface area (Å²) in [6.45, 7) is 2.58. The van der Waals surface area contributed by atoms with Gasteiger partial charge in [0, 0.05) is 12.6 Å². The van der Waals surface area contributed by atoms with Gasteiger partial charge in [0.25, 0.3) is 0 Å². The first kappa shape index (κ1) is 15.1. The SMILES string of the molecule is CC(Cc1ccc(F)cc1)NCc1ccc(F)c(C#N)c1. The summed E-state index contributed by atoms with van der Waals surface area (Å²) in [6.07, 6.45) is 0.770. The first-order chi connectivity index (χ1) is 10.1. The molecule has 1 unspecified atom stereocenters. The van der Waals surface area contributed by atoms with E-state index in [1.54, 1.807) is 24.3 Å². The van der Waals surface area contributed by atoms with Gasteiger partial charge in [0.1, 0.15) is 17.7 Å². The van der Waals surface area contributed by atoms with Gasteiger partial charge in [-0.15, -0.1) is 0 Å². The van der Waals surface area contributed by atoms with Gasteiger partial charge in [0.05, 0.1) is 5.56 Å². The molecular formula is C17H16F2N2. The van der Waals surface area contributed by atoms with Crippen LogP contribution in [0.5, 0.6) is 0 Å². The Morgan fingerprint density at radius 2 is 1.76 bits per heavy atom. The van der Waals surface area contributed by atoms with Crippen LogP contribution in [0.1, 0.15) is 23.6 Å². The van der Waals surface area contributed by atoms with E-state index in [1.165, 1.54) is 18.2 Å². The van der Waals surface area contributed by atoms with Crippen LogP contribution in [0.2, 0.25) is 0 Å². The van der Waals surface area contributed by atoms with E-state index < -0.39 is 5.82 Å². The topological polar surface area (TPSA) is 35.8 Å². The molecule has 0 aromatic heterocycles. The van der Waals surface area contributed by atoms with Crippen molar-refractivity contribution in [3.05, 3.63) is 70.8 Å². The summed E-state index contributed by atoms with van der Waals surface area (Å²) in [4.78, 5) is 0. The maximum atomic E-state index is 13.2. The number of rotatable bonds is 5. The number of halogens is 2. The van der Waals surface area contributed by atoms with Gasteiger partial charge in [-0.05, 0) is 48.7 Å². The predicted molar refractivity (Wildman–Crippen MR) is 77.5 cm³/mol. The number of hydrogen-bond donors (Lipinski definition) is 1. The molecule has 21 heavy (non-hydrogen) atoms. The predicted octanol–water partition coefficient (Wildman–Crippen LogP) is 3.56. The zero-order chi connectivity index (χ0) is 15.2. The van der Waals surface area contributed by atoms with Gasteiger partial charge < -0.3 is 5.32 Å². The summed E-state index contributed by atoms with van der Waals surface area (Å²) >= 11 is 0. The molecule has 108 valence electrons. The van der Waals surface area contributed by atoms with Crippen LogP contribution in [0.4, 0.5) is 8.78 Å². The number of nitrogens with zero attached hydrogens (tertiary/aromatic N) is 1. The summed E-state index contributed by atoms with van der Waals surface area (Å²) in [6, 6.07) is 12.9. The van der Waals surface area contributed by atoms with Crippen molar-refractivity contribution in [2.75, 3.05) is 0 Å². The van der Waals surface area contributed by atoms with Crippen LogP contribution in [-0.4, -0.2) is 6.04 Å². The van der Waals surface area contributed by atoms with E-state index in [2.05, 4.69) is 5.32 Å². The first-order valence-corrected chi connectivity index (χ1v) is 6.75. The second-order valence-corrected chi connectivity index (χ2v) is 5.04. The average Bonchev–Trinajstić information content (AvgIpc) is 2.49. The van der Waals surface area contributed by atoms with Crippen molar-refractivity contribution < 1.29 is 8.78 Å².